The molecule has 0 saturated carbocycles. The molecule has 0 fully saturated rings. The molecule has 3 heteroatoms. The molecule has 2 rings (SSSR count). The van der Waals surface area contributed by atoms with Crippen LogP contribution in [0.3, 0.4) is 0 Å². The maximum Gasteiger partial charge on any atom is 0.0934 e. The van der Waals surface area contributed by atoms with Crippen LogP contribution in [0.5, 0.6) is 0 Å². The summed E-state index contributed by atoms with van der Waals surface area (Å²) in [6.45, 7) is 7.64. The number of halogens is 1. The smallest absolute Gasteiger partial charge is 0.0934 e. The van der Waals surface area contributed by atoms with Gasteiger partial charge in [-0.2, -0.15) is 0 Å². The highest BCUT2D eigenvalue weighted by Gasteiger charge is 2.10. The van der Waals surface area contributed by atoms with Gasteiger partial charge in [0.2, 0.25) is 0 Å². The zero-order valence-electron chi connectivity index (χ0n) is 11.1. The van der Waals surface area contributed by atoms with Crippen molar-refractivity contribution >= 4 is 28.2 Å². The van der Waals surface area contributed by atoms with Gasteiger partial charge in [0, 0.05) is 23.2 Å². The number of hydrogen-bond acceptors (Lipinski definition) is 2. The Morgan fingerprint density at radius 3 is 2.78 bits per heavy atom. The predicted molar refractivity (Wildman–Crippen MR) is 79.3 cm³/mol. The predicted octanol–water partition coefficient (Wildman–Crippen LogP) is 4.74. The summed E-state index contributed by atoms with van der Waals surface area (Å²) in [4.78, 5) is 4.42. The van der Waals surface area contributed by atoms with Crippen LogP contribution in [0.1, 0.15) is 27.2 Å². The molecule has 0 unspecified atom stereocenters. The van der Waals surface area contributed by atoms with E-state index in [0.717, 1.165) is 34.6 Å². The third-order valence-corrected chi connectivity index (χ3v) is 3.08. The molecule has 1 aromatic carbocycles. The molecule has 0 aliphatic heterocycles. The summed E-state index contributed by atoms with van der Waals surface area (Å²) in [6, 6.07) is 7.85. The Morgan fingerprint density at radius 1 is 1.28 bits per heavy atom. The van der Waals surface area contributed by atoms with Gasteiger partial charge in [-0.15, -0.1) is 0 Å². The van der Waals surface area contributed by atoms with Gasteiger partial charge in [-0.3, -0.25) is 4.98 Å². The molecule has 0 amide bonds. The zero-order valence-corrected chi connectivity index (χ0v) is 11.9. The van der Waals surface area contributed by atoms with Crippen LogP contribution >= 0.6 is 11.6 Å². The van der Waals surface area contributed by atoms with E-state index in [1.54, 1.807) is 0 Å². The standard InChI is InChI=1S/C15H19ClN2/c1-15(2,3)6-8-17-13-10-12(16)9-11-5-4-7-18-14(11)13/h4-5,7,9-10,17H,6,8H2,1-3H3. The summed E-state index contributed by atoms with van der Waals surface area (Å²) in [5.74, 6) is 0. The summed E-state index contributed by atoms with van der Waals surface area (Å²) in [5.41, 5.74) is 2.33. The number of fused-ring (bicyclic) bond motifs is 1. The Labute approximate surface area is 113 Å². The maximum absolute atomic E-state index is 6.12. The van der Waals surface area contributed by atoms with E-state index in [9.17, 15) is 0 Å². The van der Waals surface area contributed by atoms with E-state index < -0.39 is 0 Å². The molecule has 0 aliphatic rings. The van der Waals surface area contributed by atoms with Gasteiger partial charge in [-0.1, -0.05) is 38.4 Å². The average Bonchev–Trinajstić information content (AvgIpc) is 2.27. The fourth-order valence-electron chi connectivity index (χ4n) is 1.86. The number of nitrogens with zero attached hydrogens (tertiary/aromatic N) is 1. The molecule has 0 atom stereocenters. The van der Waals surface area contributed by atoms with Gasteiger partial charge in [0.05, 0.1) is 11.2 Å². The van der Waals surface area contributed by atoms with Crippen LogP contribution in [0, 0.1) is 5.41 Å². The number of anilines is 1. The molecule has 1 aromatic heterocycles. The second-order valence-electron chi connectivity index (χ2n) is 5.77. The molecule has 0 spiro atoms. The van der Waals surface area contributed by atoms with Crippen molar-refractivity contribution in [2.45, 2.75) is 27.2 Å². The van der Waals surface area contributed by atoms with Crippen LogP contribution in [0.25, 0.3) is 10.9 Å². The van der Waals surface area contributed by atoms with Crippen LogP contribution in [-0.4, -0.2) is 11.5 Å². The molecule has 2 nitrogen and oxygen atoms in total. The maximum atomic E-state index is 6.12. The van der Waals surface area contributed by atoms with Crippen molar-refractivity contribution in [1.82, 2.24) is 4.98 Å². The lowest BCUT2D eigenvalue weighted by Crippen LogP contribution is -2.13. The monoisotopic (exact) mass is 262 g/mol. The summed E-state index contributed by atoms with van der Waals surface area (Å²) in [6.07, 6.45) is 2.92. The van der Waals surface area contributed by atoms with Gasteiger partial charge >= 0.3 is 0 Å². The van der Waals surface area contributed by atoms with Gasteiger partial charge in [-0.25, -0.2) is 0 Å². The van der Waals surface area contributed by atoms with Crippen molar-refractivity contribution in [3.63, 3.8) is 0 Å². The molecule has 0 saturated heterocycles. The van der Waals surface area contributed by atoms with E-state index in [1.807, 2.05) is 30.5 Å². The Kier molecular flexibility index (Phi) is 3.76. The Bertz CT molecular complexity index is 544. The molecule has 0 aliphatic carbocycles. The first kappa shape index (κ1) is 13.2. The van der Waals surface area contributed by atoms with Crippen molar-refractivity contribution < 1.29 is 0 Å². The minimum absolute atomic E-state index is 0.328. The van der Waals surface area contributed by atoms with Gasteiger partial charge < -0.3 is 5.32 Å². The van der Waals surface area contributed by atoms with Crippen molar-refractivity contribution in [3.05, 3.63) is 35.5 Å². The highest BCUT2D eigenvalue weighted by molar-refractivity contribution is 6.31. The molecule has 18 heavy (non-hydrogen) atoms. The van der Waals surface area contributed by atoms with E-state index in [4.69, 9.17) is 11.6 Å². The van der Waals surface area contributed by atoms with Gasteiger partial charge in [0.15, 0.2) is 0 Å². The second-order valence-corrected chi connectivity index (χ2v) is 6.20. The largest absolute Gasteiger partial charge is 0.383 e. The van der Waals surface area contributed by atoms with Crippen LogP contribution in [0.4, 0.5) is 5.69 Å². The molecule has 2 aromatic rings. The van der Waals surface area contributed by atoms with Crippen molar-refractivity contribution in [1.29, 1.82) is 0 Å². The minimum Gasteiger partial charge on any atom is -0.383 e. The topological polar surface area (TPSA) is 24.9 Å². The summed E-state index contributed by atoms with van der Waals surface area (Å²) in [7, 11) is 0. The molecule has 0 bridgehead atoms. The van der Waals surface area contributed by atoms with Crippen LogP contribution < -0.4 is 5.32 Å². The van der Waals surface area contributed by atoms with Crippen molar-refractivity contribution in [3.8, 4) is 0 Å². The minimum atomic E-state index is 0.328. The fraction of sp³-hybridized carbons (Fsp3) is 0.400. The lowest BCUT2D eigenvalue weighted by molar-refractivity contribution is 0.390. The van der Waals surface area contributed by atoms with E-state index in [-0.39, 0.29) is 0 Å². The lowest BCUT2D eigenvalue weighted by atomic mass is 9.92. The number of nitrogens with one attached hydrogen (secondary N) is 1. The van der Waals surface area contributed by atoms with Gasteiger partial charge in [-0.05, 0) is 30.0 Å². The van der Waals surface area contributed by atoms with E-state index in [0.29, 0.717) is 5.41 Å². The second kappa shape index (κ2) is 5.15. The molecule has 96 valence electrons. The highest BCUT2D eigenvalue weighted by Crippen LogP contribution is 2.27. The van der Waals surface area contributed by atoms with Crippen LogP contribution in [-0.2, 0) is 0 Å². The molecular formula is C15H19ClN2. The third-order valence-electron chi connectivity index (χ3n) is 2.86. The fourth-order valence-corrected chi connectivity index (χ4v) is 2.09. The Balaban J connectivity index is 2.22. The number of hydrogen-bond donors (Lipinski definition) is 1. The SMILES string of the molecule is CC(C)(C)CCNc1cc(Cl)cc2cccnc12. The highest BCUT2D eigenvalue weighted by atomic mass is 35.5. The zero-order chi connectivity index (χ0) is 13.2. The number of pyridine rings is 1. The molecule has 1 heterocycles. The molecule has 0 radical (unpaired) electrons. The van der Waals surface area contributed by atoms with Crippen LogP contribution in [0.15, 0.2) is 30.5 Å². The first-order chi connectivity index (χ1) is 8.46. The molecule has 1 N–H and O–H groups in total. The Hall–Kier alpha value is -1.28. The third kappa shape index (κ3) is 3.36. The normalized spacial score (nSPS) is 11.8. The van der Waals surface area contributed by atoms with E-state index in [1.165, 1.54) is 0 Å². The van der Waals surface area contributed by atoms with Crippen LogP contribution in [0.2, 0.25) is 5.02 Å². The van der Waals surface area contributed by atoms with E-state index in [2.05, 4.69) is 31.1 Å². The van der Waals surface area contributed by atoms with Gasteiger partial charge in [0.25, 0.3) is 0 Å². The number of aromatic nitrogens is 1. The number of rotatable bonds is 3. The summed E-state index contributed by atoms with van der Waals surface area (Å²) < 4.78 is 0. The first-order valence-electron chi connectivity index (χ1n) is 6.24. The lowest BCUT2D eigenvalue weighted by Gasteiger charge is -2.19. The molecular weight excluding hydrogens is 244 g/mol. The van der Waals surface area contributed by atoms with Gasteiger partial charge in [0.1, 0.15) is 0 Å². The summed E-state index contributed by atoms with van der Waals surface area (Å²) in [5, 5.41) is 5.25. The average molecular weight is 263 g/mol. The Morgan fingerprint density at radius 2 is 2.06 bits per heavy atom. The van der Waals surface area contributed by atoms with Crippen molar-refractivity contribution in [2.75, 3.05) is 11.9 Å². The van der Waals surface area contributed by atoms with E-state index >= 15 is 0 Å². The quantitative estimate of drug-likeness (QED) is 0.864. The summed E-state index contributed by atoms with van der Waals surface area (Å²) >= 11 is 6.12. The number of benzene rings is 1. The van der Waals surface area contributed by atoms with Crippen molar-refractivity contribution in [2.24, 2.45) is 5.41 Å². The first-order valence-corrected chi connectivity index (χ1v) is 6.62.